The topological polar surface area (TPSA) is 78.4 Å². The highest BCUT2D eigenvalue weighted by atomic mass is 35.5. The maximum atomic E-state index is 11.7. The molecule has 0 aliphatic carbocycles. The smallest absolute Gasteiger partial charge is 0.326 e. The number of nitrogens with one attached hydrogen (secondary N) is 2. The molecule has 116 valence electrons. The van der Waals surface area contributed by atoms with Crippen LogP contribution in [0.3, 0.4) is 0 Å². The Kier molecular flexibility index (Phi) is 7.02. The number of carboxylic acids is 1. The van der Waals surface area contributed by atoms with E-state index in [4.69, 9.17) is 16.7 Å². The third kappa shape index (κ3) is 6.49. The van der Waals surface area contributed by atoms with Crippen molar-refractivity contribution in [1.29, 1.82) is 0 Å². The molecule has 0 aromatic heterocycles. The van der Waals surface area contributed by atoms with Gasteiger partial charge in [-0.25, -0.2) is 9.59 Å². The van der Waals surface area contributed by atoms with Crippen molar-refractivity contribution >= 4 is 23.6 Å². The van der Waals surface area contributed by atoms with Crippen LogP contribution in [0.4, 0.5) is 4.79 Å². The predicted molar refractivity (Wildman–Crippen MR) is 82.6 cm³/mol. The number of aliphatic carboxylic acids is 1. The van der Waals surface area contributed by atoms with Gasteiger partial charge in [-0.1, -0.05) is 43.6 Å². The molecule has 1 rings (SSSR count). The van der Waals surface area contributed by atoms with Crippen molar-refractivity contribution in [1.82, 2.24) is 10.6 Å². The number of hydrogen-bond acceptors (Lipinski definition) is 2. The summed E-state index contributed by atoms with van der Waals surface area (Å²) < 4.78 is 0. The summed E-state index contributed by atoms with van der Waals surface area (Å²) in [6, 6.07) is 6.06. The van der Waals surface area contributed by atoms with Crippen LogP contribution in [0.15, 0.2) is 24.3 Å². The van der Waals surface area contributed by atoms with Gasteiger partial charge in [0.25, 0.3) is 0 Å². The van der Waals surface area contributed by atoms with Crippen LogP contribution in [0.5, 0.6) is 0 Å². The fourth-order valence-electron chi connectivity index (χ4n) is 1.91. The number of halogens is 1. The molecule has 0 radical (unpaired) electrons. The number of carboxylic acid groups (broad SMARTS) is 1. The molecule has 1 atom stereocenters. The Labute approximate surface area is 129 Å². The highest BCUT2D eigenvalue weighted by Crippen LogP contribution is 2.14. The normalized spacial score (nSPS) is 12.0. The largest absolute Gasteiger partial charge is 0.480 e. The van der Waals surface area contributed by atoms with Crippen LogP contribution in [-0.2, 0) is 11.2 Å². The van der Waals surface area contributed by atoms with Gasteiger partial charge in [-0.3, -0.25) is 0 Å². The van der Waals surface area contributed by atoms with Crippen LogP contribution in [0.1, 0.15) is 25.8 Å². The van der Waals surface area contributed by atoms with Gasteiger partial charge in [0.05, 0.1) is 0 Å². The Hall–Kier alpha value is -1.75. The molecule has 1 aromatic carbocycles. The molecule has 1 unspecified atom stereocenters. The molecule has 1 aromatic rings. The molecule has 0 bridgehead atoms. The van der Waals surface area contributed by atoms with Crippen LogP contribution >= 0.6 is 11.6 Å². The summed E-state index contributed by atoms with van der Waals surface area (Å²) in [5.74, 6) is -0.834. The first-order valence-electron chi connectivity index (χ1n) is 6.90. The molecule has 21 heavy (non-hydrogen) atoms. The Morgan fingerprint density at radius 2 is 1.95 bits per heavy atom. The zero-order valence-electron chi connectivity index (χ0n) is 12.2. The predicted octanol–water partition coefficient (Wildman–Crippen LogP) is 2.68. The summed E-state index contributed by atoms with van der Waals surface area (Å²) in [6.45, 7) is 4.21. The maximum Gasteiger partial charge on any atom is 0.326 e. The molecule has 0 aliphatic rings. The van der Waals surface area contributed by atoms with E-state index < -0.39 is 18.0 Å². The van der Waals surface area contributed by atoms with Crippen molar-refractivity contribution in [2.24, 2.45) is 5.92 Å². The van der Waals surface area contributed by atoms with Gasteiger partial charge in [-0.2, -0.15) is 0 Å². The van der Waals surface area contributed by atoms with E-state index in [9.17, 15) is 9.59 Å². The Morgan fingerprint density at radius 1 is 1.29 bits per heavy atom. The Bertz CT molecular complexity index is 492. The summed E-state index contributed by atoms with van der Waals surface area (Å²) in [7, 11) is 0. The molecular weight excluding hydrogens is 292 g/mol. The summed E-state index contributed by atoms with van der Waals surface area (Å²) in [6.07, 6.45) is 0.988. The van der Waals surface area contributed by atoms with Crippen LogP contribution in [0, 0.1) is 5.92 Å². The summed E-state index contributed by atoms with van der Waals surface area (Å²) in [4.78, 5) is 22.7. The van der Waals surface area contributed by atoms with Crippen LogP contribution in [-0.4, -0.2) is 29.7 Å². The lowest BCUT2D eigenvalue weighted by Gasteiger charge is -2.17. The van der Waals surface area contributed by atoms with Crippen molar-refractivity contribution < 1.29 is 14.7 Å². The van der Waals surface area contributed by atoms with Gasteiger partial charge in [0.2, 0.25) is 0 Å². The average Bonchev–Trinajstić information content (AvgIpc) is 2.39. The maximum absolute atomic E-state index is 11.7. The molecule has 0 saturated heterocycles. The van der Waals surface area contributed by atoms with E-state index in [-0.39, 0.29) is 5.92 Å². The third-order valence-corrected chi connectivity index (χ3v) is 3.32. The second-order valence-corrected chi connectivity index (χ2v) is 5.67. The molecule has 0 spiro atoms. The minimum Gasteiger partial charge on any atom is -0.480 e. The minimum absolute atomic E-state index is 0.189. The van der Waals surface area contributed by atoms with E-state index in [0.717, 1.165) is 5.56 Å². The first-order valence-corrected chi connectivity index (χ1v) is 7.28. The van der Waals surface area contributed by atoms with E-state index >= 15 is 0 Å². The molecule has 6 heteroatoms. The monoisotopic (exact) mass is 312 g/mol. The van der Waals surface area contributed by atoms with Crippen LogP contribution < -0.4 is 10.6 Å². The number of carbonyl (C=O) groups is 2. The van der Waals surface area contributed by atoms with Gasteiger partial charge in [0.15, 0.2) is 0 Å². The van der Waals surface area contributed by atoms with Crippen molar-refractivity contribution in [2.45, 2.75) is 32.7 Å². The third-order valence-electron chi connectivity index (χ3n) is 2.95. The summed E-state index contributed by atoms with van der Waals surface area (Å²) in [5.41, 5.74) is 0.941. The van der Waals surface area contributed by atoms with Gasteiger partial charge in [-0.05, 0) is 30.4 Å². The first kappa shape index (κ1) is 17.3. The second kappa shape index (κ2) is 8.52. The number of rotatable bonds is 7. The second-order valence-electron chi connectivity index (χ2n) is 5.26. The number of benzene rings is 1. The highest BCUT2D eigenvalue weighted by molar-refractivity contribution is 6.31. The van der Waals surface area contributed by atoms with E-state index in [0.29, 0.717) is 24.4 Å². The summed E-state index contributed by atoms with van der Waals surface area (Å²) in [5, 5.41) is 14.8. The fraction of sp³-hybridized carbons (Fsp3) is 0.467. The Balaban J connectivity index is 2.39. The number of carbonyl (C=O) groups excluding carboxylic acids is 1. The highest BCUT2D eigenvalue weighted by Gasteiger charge is 2.20. The molecule has 0 fully saturated rings. The lowest BCUT2D eigenvalue weighted by atomic mass is 10.0. The number of hydrogen-bond donors (Lipinski definition) is 3. The lowest BCUT2D eigenvalue weighted by molar-refractivity contribution is -0.139. The van der Waals surface area contributed by atoms with Gasteiger partial charge < -0.3 is 15.7 Å². The molecular formula is C15H21ClN2O3. The molecule has 5 nitrogen and oxygen atoms in total. The molecule has 2 amide bonds. The number of urea groups is 1. The number of amides is 2. The van der Waals surface area contributed by atoms with E-state index in [1.54, 1.807) is 6.07 Å². The zero-order valence-corrected chi connectivity index (χ0v) is 13.0. The van der Waals surface area contributed by atoms with E-state index in [2.05, 4.69) is 10.6 Å². The standard InChI is InChI=1S/C15H21ClN2O3/c1-10(2)9-13(14(19)20)18-15(21)17-8-7-11-5-3-4-6-12(11)16/h3-6,10,13H,7-9H2,1-2H3,(H,19,20)(H2,17,18,21). The van der Waals surface area contributed by atoms with Gasteiger partial charge in [-0.15, -0.1) is 0 Å². The van der Waals surface area contributed by atoms with Crippen LogP contribution in [0.25, 0.3) is 0 Å². The van der Waals surface area contributed by atoms with Crippen molar-refractivity contribution in [3.8, 4) is 0 Å². The molecule has 0 saturated carbocycles. The first-order chi connectivity index (χ1) is 9.90. The minimum atomic E-state index is -1.02. The fourth-order valence-corrected chi connectivity index (χ4v) is 2.14. The average molecular weight is 313 g/mol. The molecule has 3 N–H and O–H groups in total. The zero-order chi connectivity index (χ0) is 15.8. The van der Waals surface area contributed by atoms with Crippen molar-refractivity contribution in [2.75, 3.05) is 6.54 Å². The van der Waals surface area contributed by atoms with Gasteiger partial charge >= 0.3 is 12.0 Å². The SMILES string of the molecule is CC(C)CC(NC(=O)NCCc1ccccc1Cl)C(=O)O. The summed E-state index contributed by atoms with van der Waals surface area (Å²) >= 11 is 6.02. The van der Waals surface area contributed by atoms with E-state index in [1.807, 2.05) is 32.0 Å². The van der Waals surface area contributed by atoms with Crippen LogP contribution in [0.2, 0.25) is 5.02 Å². The van der Waals surface area contributed by atoms with Gasteiger partial charge in [0, 0.05) is 11.6 Å². The van der Waals surface area contributed by atoms with Crippen molar-refractivity contribution in [3.63, 3.8) is 0 Å². The Morgan fingerprint density at radius 3 is 2.52 bits per heavy atom. The van der Waals surface area contributed by atoms with Crippen molar-refractivity contribution in [3.05, 3.63) is 34.9 Å². The van der Waals surface area contributed by atoms with E-state index in [1.165, 1.54) is 0 Å². The quantitative estimate of drug-likeness (QED) is 0.724. The molecule has 0 aliphatic heterocycles. The lowest BCUT2D eigenvalue weighted by Crippen LogP contribution is -2.47. The molecule has 0 heterocycles. The van der Waals surface area contributed by atoms with Gasteiger partial charge in [0.1, 0.15) is 6.04 Å².